The highest BCUT2D eigenvalue weighted by atomic mass is 19.4. The fourth-order valence-electron chi connectivity index (χ4n) is 1.12. The van der Waals surface area contributed by atoms with E-state index in [1.807, 2.05) is 0 Å². The first-order valence-electron chi connectivity index (χ1n) is 4.98. The monoisotopic (exact) mass is 248 g/mol. The predicted molar refractivity (Wildman–Crippen MR) is 53.7 cm³/mol. The molecule has 1 aromatic carbocycles. The van der Waals surface area contributed by atoms with E-state index < -0.39 is 18.1 Å². The highest BCUT2D eigenvalue weighted by Crippen LogP contribution is 2.31. The molecule has 0 unspecified atom stereocenters. The van der Waals surface area contributed by atoms with Gasteiger partial charge in [-0.1, -0.05) is 19.1 Å². The molecular formula is C11H11F3O3. The average molecular weight is 248 g/mol. The molecule has 0 aliphatic carbocycles. The van der Waals surface area contributed by atoms with Crippen molar-refractivity contribution in [2.75, 3.05) is 0 Å². The van der Waals surface area contributed by atoms with Crippen molar-refractivity contribution in [3.63, 3.8) is 0 Å². The summed E-state index contributed by atoms with van der Waals surface area (Å²) < 4.78 is 44.6. The molecule has 6 heteroatoms. The van der Waals surface area contributed by atoms with E-state index in [1.165, 1.54) is 18.2 Å². The van der Waals surface area contributed by atoms with Gasteiger partial charge in [0, 0.05) is 6.42 Å². The van der Waals surface area contributed by atoms with Crippen LogP contribution >= 0.6 is 0 Å². The number of benzene rings is 1. The lowest BCUT2D eigenvalue weighted by Gasteiger charge is -2.12. The number of alkyl halides is 3. The van der Waals surface area contributed by atoms with Crippen LogP contribution in [-0.4, -0.2) is 12.3 Å². The zero-order valence-corrected chi connectivity index (χ0v) is 9.08. The number of hydrogen-bond acceptors (Lipinski definition) is 3. The summed E-state index contributed by atoms with van der Waals surface area (Å²) in [5.41, 5.74) is 0. The summed E-state index contributed by atoms with van der Waals surface area (Å²) >= 11 is 0. The summed E-state index contributed by atoms with van der Waals surface area (Å²) in [5, 5.41) is 0. The van der Waals surface area contributed by atoms with Crippen LogP contribution in [0.5, 0.6) is 11.5 Å². The van der Waals surface area contributed by atoms with E-state index in [1.54, 1.807) is 6.92 Å². The number of rotatable bonds is 4. The van der Waals surface area contributed by atoms with Crippen LogP contribution in [0, 0.1) is 0 Å². The van der Waals surface area contributed by atoms with Gasteiger partial charge in [-0.25, -0.2) is 0 Å². The maximum absolute atomic E-state index is 12.0. The lowest BCUT2D eigenvalue weighted by atomic mass is 10.3. The van der Waals surface area contributed by atoms with Crippen molar-refractivity contribution in [2.24, 2.45) is 0 Å². The first-order chi connectivity index (χ1) is 7.92. The second-order valence-electron chi connectivity index (χ2n) is 3.22. The Kier molecular flexibility index (Phi) is 4.37. The Labute approximate surface area is 96.1 Å². The molecule has 1 aromatic rings. The summed E-state index contributed by atoms with van der Waals surface area (Å²) in [6.07, 6.45) is -4.12. The Morgan fingerprint density at radius 1 is 1.24 bits per heavy atom. The van der Waals surface area contributed by atoms with Gasteiger partial charge in [0.15, 0.2) is 11.5 Å². The number of halogens is 3. The van der Waals surface area contributed by atoms with E-state index in [0.29, 0.717) is 6.42 Å². The first kappa shape index (κ1) is 13.3. The lowest BCUT2D eigenvalue weighted by molar-refractivity contribution is -0.275. The Bertz CT molecular complexity index is 388. The van der Waals surface area contributed by atoms with Crippen LogP contribution < -0.4 is 9.47 Å². The maximum Gasteiger partial charge on any atom is 0.573 e. The van der Waals surface area contributed by atoms with E-state index in [0.717, 1.165) is 6.07 Å². The molecule has 0 aromatic heterocycles. The van der Waals surface area contributed by atoms with Gasteiger partial charge in [-0.2, -0.15) is 0 Å². The van der Waals surface area contributed by atoms with Crippen LogP contribution in [0.15, 0.2) is 24.3 Å². The van der Waals surface area contributed by atoms with Crippen molar-refractivity contribution in [1.82, 2.24) is 0 Å². The fourth-order valence-corrected chi connectivity index (χ4v) is 1.12. The van der Waals surface area contributed by atoms with Crippen LogP contribution in [0.3, 0.4) is 0 Å². The summed E-state index contributed by atoms with van der Waals surface area (Å²) in [4.78, 5) is 11.2. The fraction of sp³-hybridized carbons (Fsp3) is 0.364. The number of esters is 1. The minimum atomic E-state index is -4.81. The maximum atomic E-state index is 12.0. The SMILES string of the molecule is CCCC(=O)Oc1ccccc1OC(F)(F)F. The third-order valence-corrected chi connectivity index (χ3v) is 1.75. The highest BCUT2D eigenvalue weighted by molar-refractivity contribution is 5.73. The quantitative estimate of drug-likeness (QED) is 0.605. The minimum Gasteiger partial charge on any atom is -0.423 e. The molecule has 0 spiro atoms. The number of hydrogen-bond donors (Lipinski definition) is 0. The van der Waals surface area contributed by atoms with Crippen molar-refractivity contribution in [3.8, 4) is 11.5 Å². The average Bonchev–Trinajstić information content (AvgIpc) is 2.19. The molecule has 94 valence electrons. The van der Waals surface area contributed by atoms with E-state index in [4.69, 9.17) is 4.74 Å². The molecule has 0 bridgehead atoms. The molecular weight excluding hydrogens is 237 g/mol. The molecule has 0 aliphatic rings. The van der Waals surface area contributed by atoms with Gasteiger partial charge in [-0.3, -0.25) is 4.79 Å². The van der Waals surface area contributed by atoms with E-state index in [9.17, 15) is 18.0 Å². The molecule has 1 rings (SSSR count). The number of ether oxygens (including phenoxy) is 2. The van der Waals surface area contributed by atoms with Crippen molar-refractivity contribution in [1.29, 1.82) is 0 Å². The Balaban J connectivity index is 2.81. The van der Waals surface area contributed by atoms with Crippen molar-refractivity contribution < 1.29 is 27.4 Å². The van der Waals surface area contributed by atoms with Gasteiger partial charge in [-0.05, 0) is 18.6 Å². The topological polar surface area (TPSA) is 35.5 Å². The van der Waals surface area contributed by atoms with Gasteiger partial charge < -0.3 is 9.47 Å². The van der Waals surface area contributed by atoms with Crippen LogP contribution in [0.2, 0.25) is 0 Å². The molecule has 0 heterocycles. The van der Waals surface area contributed by atoms with E-state index >= 15 is 0 Å². The van der Waals surface area contributed by atoms with Crippen molar-refractivity contribution in [3.05, 3.63) is 24.3 Å². The van der Waals surface area contributed by atoms with Gasteiger partial charge in [0.2, 0.25) is 0 Å². The van der Waals surface area contributed by atoms with Crippen molar-refractivity contribution >= 4 is 5.97 Å². The molecule has 0 atom stereocenters. The second-order valence-corrected chi connectivity index (χ2v) is 3.22. The van der Waals surface area contributed by atoms with Gasteiger partial charge in [0.05, 0.1) is 0 Å². The largest absolute Gasteiger partial charge is 0.573 e. The number of carbonyl (C=O) groups excluding carboxylic acids is 1. The summed E-state index contributed by atoms with van der Waals surface area (Å²) in [5.74, 6) is -1.35. The number of para-hydroxylation sites is 2. The summed E-state index contributed by atoms with van der Waals surface area (Å²) in [6.45, 7) is 1.76. The van der Waals surface area contributed by atoms with Crippen LogP contribution in [0.4, 0.5) is 13.2 Å². The molecule has 0 radical (unpaired) electrons. The normalized spacial score (nSPS) is 11.1. The zero-order valence-electron chi connectivity index (χ0n) is 9.08. The molecule has 3 nitrogen and oxygen atoms in total. The molecule has 0 N–H and O–H groups in total. The van der Waals surface area contributed by atoms with E-state index in [2.05, 4.69) is 4.74 Å². The van der Waals surface area contributed by atoms with Crippen molar-refractivity contribution in [2.45, 2.75) is 26.1 Å². The Morgan fingerprint density at radius 3 is 2.35 bits per heavy atom. The molecule has 17 heavy (non-hydrogen) atoms. The zero-order chi connectivity index (χ0) is 12.9. The molecule has 0 amide bonds. The van der Waals surface area contributed by atoms with Crippen LogP contribution in [0.1, 0.15) is 19.8 Å². The Hall–Kier alpha value is -1.72. The van der Waals surface area contributed by atoms with Gasteiger partial charge in [-0.15, -0.1) is 13.2 Å². The third kappa shape index (κ3) is 4.76. The second kappa shape index (κ2) is 5.56. The number of carbonyl (C=O) groups is 1. The molecule has 0 fully saturated rings. The summed E-state index contributed by atoms with van der Waals surface area (Å²) in [6, 6.07) is 5.15. The van der Waals surface area contributed by atoms with Crippen LogP contribution in [-0.2, 0) is 4.79 Å². The van der Waals surface area contributed by atoms with Gasteiger partial charge >= 0.3 is 12.3 Å². The minimum absolute atomic E-state index is 0.139. The smallest absolute Gasteiger partial charge is 0.423 e. The predicted octanol–water partition coefficient (Wildman–Crippen LogP) is 3.29. The van der Waals surface area contributed by atoms with Gasteiger partial charge in [0.1, 0.15) is 0 Å². The first-order valence-corrected chi connectivity index (χ1v) is 4.98. The standard InChI is InChI=1S/C11H11F3O3/c1-2-5-10(15)16-8-6-3-4-7-9(8)17-11(12,13)14/h3-4,6-7H,2,5H2,1H3. The molecule has 0 saturated carbocycles. The third-order valence-electron chi connectivity index (χ3n) is 1.75. The lowest BCUT2D eigenvalue weighted by Crippen LogP contribution is -2.18. The molecule has 0 saturated heterocycles. The van der Waals surface area contributed by atoms with E-state index in [-0.39, 0.29) is 12.2 Å². The highest BCUT2D eigenvalue weighted by Gasteiger charge is 2.32. The molecule has 0 aliphatic heterocycles. The van der Waals surface area contributed by atoms with Gasteiger partial charge in [0.25, 0.3) is 0 Å². The summed E-state index contributed by atoms with van der Waals surface area (Å²) in [7, 11) is 0. The Morgan fingerprint density at radius 2 is 1.82 bits per heavy atom. The van der Waals surface area contributed by atoms with Crippen LogP contribution in [0.25, 0.3) is 0 Å².